The van der Waals surface area contributed by atoms with Gasteiger partial charge in [0.05, 0.1) is 6.54 Å². The van der Waals surface area contributed by atoms with E-state index >= 15 is 0 Å². The number of hydrogen-bond donors (Lipinski definition) is 2. The van der Waals surface area contributed by atoms with Crippen molar-refractivity contribution < 1.29 is 27.5 Å². The first-order chi connectivity index (χ1) is 14.7. The highest BCUT2D eigenvalue weighted by atomic mass is 19.4. The summed E-state index contributed by atoms with van der Waals surface area (Å²) in [6.07, 6.45) is -2.36. The van der Waals surface area contributed by atoms with Crippen molar-refractivity contribution in [2.75, 3.05) is 11.9 Å². The van der Waals surface area contributed by atoms with E-state index in [2.05, 4.69) is 20.5 Å². The molecule has 4 rings (SSSR count). The fraction of sp³-hybridized carbons (Fsp3) is 0.450. The molecular formula is C20H22F3N5O3. The van der Waals surface area contributed by atoms with Crippen LogP contribution in [0.2, 0.25) is 0 Å². The van der Waals surface area contributed by atoms with Gasteiger partial charge < -0.3 is 20.3 Å². The molecule has 166 valence electrons. The Hall–Kier alpha value is -3.24. The minimum Gasteiger partial charge on any atom is -0.406 e. The van der Waals surface area contributed by atoms with Gasteiger partial charge >= 0.3 is 12.4 Å². The number of anilines is 1. The van der Waals surface area contributed by atoms with Gasteiger partial charge in [0, 0.05) is 43.7 Å². The molecule has 31 heavy (non-hydrogen) atoms. The van der Waals surface area contributed by atoms with Crippen molar-refractivity contribution in [3.05, 3.63) is 41.1 Å². The molecule has 0 bridgehead atoms. The number of carbonyl (C=O) groups is 2. The molecule has 1 aromatic carbocycles. The first-order valence-electron chi connectivity index (χ1n) is 9.92. The predicted molar refractivity (Wildman–Crippen MR) is 104 cm³/mol. The lowest BCUT2D eigenvalue weighted by molar-refractivity contribution is -0.274. The molecule has 8 nitrogen and oxygen atoms in total. The summed E-state index contributed by atoms with van der Waals surface area (Å²) >= 11 is 0. The van der Waals surface area contributed by atoms with Gasteiger partial charge in [0.1, 0.15) is 5.75 Å². The van der Waals surface area contributed by atoms with E-state index in [-0.39, 0.29) is 30.2 Å². The molecule has 2 aromatic rings. The van der Waals surface area contributed by atoms with Crippen molar-refractivity contribution in [2.45, 2.75) is 38.7 Å². The third-order valence-electron chi connectivity index (χ3n) is 5.32. The molecular weight excluding hydrogens is 415 g/mol. The van der Waals surface area contributed by atoms with E-state index in [0.717, 1.165) is 24.1 Å². The third-order valence-corrected chi connectivity index (χ3v) is 5.32. The SMILES string of the molecule is Cn1nc(NC(=O)C2CC2)c2c1CCN(C(=O)NCc1ccc(OC(F)(F)F)cc1)C2. The number of nitrogens with zero attached hydrogens (tertiary/aromatic N) is 3. The summed E-state index contributed by atoms with van der Waals surface area (Å²) in [5.41, 5.74) is 2.45. The van der Waals surface area contributed by atoms with Crippen LogP contribution in [0.15, 0.2) is 24.3 Å². The Kier molecular flexibility index (Phi) is 5.50. The molecule has 0 radical (unpaired) electrons. The molecule has 11 heteroatoms. The molecule has 1 aromatic heterocycles. The quantitative estimate of drug-likeness (QED) is 0.753. The number of hydrogen-bond acceptors (Lipinski definition) is 4. The topological polar surface area (TPSA) is 88.5 Å². The number of fused-ring (bicyclic) bond motifs is 1. The number of amides is 3. The molecule has 0 saturated heterocycles. The van der Waals surface area contributed by atoms with Crippen LogP contribution in [0.25, 0.3) is 0 Å². The van der Waals surface area contributed by atoms with Crippen molar-refractivity contribution in [1.29, 1.82) is 0 Å². The van der Waals surface area contributed by atoms with Gasteiger partial charge in [-0.05, 0) is 30.5 Å². The second kappa shape index (κ2) is 8.12. The zero-order chi connectivity index (χ0) is 22.2. The molecule has 3 amide bonds. The minimum absolute atomic E-state index is 0.0413. The van der Waals surface area contributed by atoms with Crippen LogP contribution in [0.1, 0.15) is 29.7 Å². The zero-order valence-electron chi connectivity index (χ0n) is 16.8. The number of alkyl halides is 3. The molecule has 2 N–H and O–H groups in total. The Bertz CT molecular complexity index is 983. The summed E-state index contributed by atoms with van der Waals surface area (Å²) < 4.78 is 42.3. The van der Waals surface area contributed by atoms with E-state index in [1.165, 1.54) is 24.3 Å². The zero-order valence-corrected chi connectivity index (χ0v) is 16.8. The highest BCUT2D eigenvalue weighted by Gasteiger charge is 2.33. The number of aromatic nitrogens is 2. The fourth-order valence-corrected chi connectivity index (χ4v) is 3.53. The second-order valence-electron chi connectivity index (χ2n) is 7.68. The van der Waals surface area contributed by atoms with E-state index in [1.54, 1.807) is 9.58 Å². The first kappa shape index (κ1) is 21.0. The van der Waals surface area contributed by atoms with Gasteiger partial charge in [-0.2, -0.15) is 5.10 Å². The van der Waals surface area contributed by atoms with Crippen molar-refractivity contribution in [1.82, 2.24) is 20.0 Å². The van der Waals surface area contributed by atoms with Crippen molar-refractivity contribution in [3.63, 3.8) is 0 Å². The molecule has 1 aliphatic carbocycles. The summed E-state index contributed by atoms with van der Waals surface area (Å²) in [5, 5.41) is 10.0. The number of ether oxygens (including phenoxy) is 1. The Morgan fingerprint density at radius 1 is 1.23 bits per heavy atom. The minimum atomic E-state index is -4.74. The van der Waals surface area contributed by atoms with Crippen LogP contribution in [0, 0.1) is 5.92 Å². The Morgan fingerprint density at radius 2 is 1.94 bits per heavy atom. The molecule has 0 unspecified atom stereocenters. The highest BCUT2D eigenvalue weighted by Crippen LogP contribution is 2.32. The number of nitrogens with one attached hydrogen (secondary N) is 2. The number of urea groups is 1. The lowest BCUT2D eigenvalue weighted by Gasteiger charge is -2.27. The maximum atomic E-state index is 12.6. The van der Waals surface area contributed by atoms with Crippen LogP contribution >= 0.6 is 0 Å². The number of benzene rings is 1. The van der Waals surface area contributed by atoms with Gasteiger partial charge in [-0.3, -0.25) is 9.48 Å². The maximum absolute atomic E-state index is 12.6. The average Bonchev–Trinajstić information content (AvgIpc) is 3.52. The lowest BCUT2D eigenvalue weighted by Crippen LogP contribution is -2.42. The maximum Gasteiger partial charge on any atom is 0.573 e. The van der Waals surface area contributed by atoms with Crippen molar-refractivity contribution >= 4 is 17.8 Å². The van der Waals surface area contributed by atoms with Gasteiger partial charge in [-0.25, -0.2) is 4.79 Å². The van der Waals surface area contributed by atoms with Gasteiger partial charge in [-0.15, -0.1) is 13.2 Å². The second-order valence-corrected chi connectivity index (χ2v) is 7.68. The van der Waals surface area contributed by atoms with Crippen LogP contribution < -0.4 is 15.4 Å². The Morgan fingerprint density at radius 3 is 2.58 bits per heavy atom. The van der Waals surface area contributed by atoms with Gasteiger partial charge in [-0.1, -0.05) is 12.1 Å². The van der Waals surface area contributed by atoms with E-state index < -0.39 is 6.36 Å². The van der Waals surface area contributed by atoms with Crippen molar-refractivity contribution in [2.24, 2.45) is 13.0 Å². The molecule has 1 saturated carbocycles. The third kappa shape index (κ3) is 5.09. The molecule has 2 heterocycles. The van der Waals surface area contributed by atoms with Crippen LogP contribution in [0.4, 0.5) is 23.8 Å². The average molecular weight is 437 g/mol. The van der Waals surface area contributed by atoms with Crippen LogP contribution in [0.3, 0.4) is 0 Å². The van der Waals surface area contributed by atoms with Gasteiger partial charge in [0.25, 0.3) is 0 Å². The Labute approximate surface area is 176 Å². The molecule has 0 atom stereocenters. The standard InChI is InChI=1S/C20H22F3N5O3/c1-27-16-8-9-28(11-15(16)17(26-27)25-18(29)13-4-5-13)19(30)24-10-12-2-6-14(7-3-12)31-20(21,22)23/h2-3,6-7,13H,4-5,8-11H2,1H3,(H,24,30)(H,25,26,29). The van der Waals surface area contributed by atoms with Gasteiger partial charge in [0.2, 0.25) is 5.91 Å². The van der Waals surface area contributed by atoms with Gasteiger partial charge in [0.15, 0.2) is 5.82 Å². The summed E-state index contributed by atoms with van der Waals surface area (Å²) in [7, 11) is 1.81. The summed E-state index contributed by atoms with van der Waals surface area (Å²) in [4.78, 5) is 26.4. The molecule has 2 aliphatic rings. The summed E-state index contributed by atoms with van der Waals surface area (Å²) in [5.74, 6) is 0.185. The largest absolute Gasteiger partial charge is 0.573 e. The van der Waals surface area contributed by atoms with E-state index in [9.17, 15) is 22.8 Å². The smallest absolute Gasteiger partial charge is 0.406 e. The van der Waals surface area contributed by atoms with Crippen LogP contribution in [-0.4, -0.2) is 39.5 Å². The highest BCUT2D eigenvalue weighted by molar-refractivity contribution is 5.94. The van der Waals surface area contributed by atoms with E-state index in [1.807, 2.05) is 7.05 Å². The molecule has 1 aliphatic heterocycles. The van der Waals surface area contributed by atoms with E-state index in [4.69, 9.17) is 0 Å². The molecule has 1 fully saturated rings. The van der Waals surface area contributed by atoms with E-state index in [0.29, 0.717) is 30.9 Å². The predicted octanol–water partition coefficient (Wildman–Crippen LogP) is 2.94. The number of aryl methyl sites for hydroxylation is 1. The Balaban J connectivity index is 1.35. The fourth-order valence-electron chi connectivity index (χ4n) is 3.53. The number of rotatable bonds is 5. The first-order valence-corrected chi connectivity index (χ1v) is 9.92. The molecule has 0 spiro atoms. The monoisotopic (exact) mass is 437 g/mol. The van der Waals surface area contributed by atoms with Crippen LogP contribution in [0.5, 0.6) is 5.75 Å². The number of halogens is 3. The summed E-state index contributed by atoms with van der Waals surface area (Å²) in [6.45, 7) is 0.965. The lowest BCUT2D eigenvalue weighted by atomic mass is 10.1. The normalized spacial score (nSPS) is 15.9. The summed E-state index contributed by atoms with van der Waals surface area (Å²) in [6, 6.07) is 5.02. The number of carbonyl (C=O) groups excluding carboxylic acids is 2. The van der Waals surface area contributed by atoms with Crippen LogP contribution in [-0.2, 0) is 31.4 Å². The van der Waals surface area contributed by atoms with Crippen molar-refractivity contribution in [3.8, 4) is 5.75 Å².